The molecule has 4 N–H and O–H groups in total. The van der Waals surface area contributed by atoms with E-state index in [1.54, 1.807) is 0 Å². The Labute approximate surface area is 208 Å². The number of nitrogens with zero attached hydrogens (tertiary/aromatic N) is 3. The van der Waals surface area contributed by atoms with Crippen molar-refractivity contribution in [3.05, 3.63) is 114 Å². The quantitative estimate of drug-likeness (QED) is 0.218. The summed E-state index contributed by atoms with van der Waals surface area (Å²) in [6.45, 7) is 0. The molecule has 8 nitrogen and oxygen atoms in total. The lowest BCUT2D eigenvalue weighted by atomic mass is 10.00. The van der Waals surface area contributed by atoms with Gasteiger partial charge in [-0.1, -0.05) is 102 Å². The molecule has 0 aliphatic heterocycles. The fourth-order valence-electron chi connectivity index (χ4n) is 4.34. The first-order valence-corrected chi connectivity index (χ1v) is 13.3. The second kappa shape index (κ2) is 10.5. The maximum atomic E-state index is 12.5. The smallest absolute Gasteiger partial charge is 0.323 e. The number of tetrazole rings is 1. The van der Waals surface area contributed by atoms with E-state index in [1.807, 2.05) is 84.9 Å². The highest BCUT2D eigenvalue weighted by Crippen LogP contribution is 2.42. The largest absolute Gasteiger partial charge is 0.342 e. The van der Waals surface area contributed by atoms with Crippen LogP contribution in [0, 0.1) is 0 Å². The highest BCUT2D eigenvalue weighted by atomic mass is 31.2. The number of benzene rings is 4. The van der Waals surface area contributed by atoms with E-state index in [1.165, 1.54) is 0 Å². The summed E-state index contributed by atoms with van der Waals surface area (Å²) in [6.07, 6.45) is 0.583. The first kappa shape index (κ1) is 24.0. The van der Waals surface area contributed by atoms with Crippen molar-refractivity contribution in [3.8, 4) is 11.1 Å². The van der Waals surface area contributed by atoms with Crippen LogP contribution in [0.5, 0.6) is 0 Å². The van der Waals surface area contributed by atoms with E-state index in [0.29, 0.717) is 12.2 Å². The molecule has 0 amide bonds. The number of hydrogen-bond acceptors (Lipinski definition) is 5. The monoisotopic (exact) mass is 499 g/mol. The van der Waals surface area contributed by atoms with Gasteiger partial charge in [-0.2, -0.15) is 5.21 Å². The topological polar surface area (TPSA) is 124 Å². The van der Waals surface area contributed by atoms with Crippen LogP contribution in [0.1, 0.15) is 23.0 Å². The number of rotatable bonds is 9. The first-order chi connectivity index (χ1) is 17.5. The third kappa shape index (κ3) is 5.75. The summed E-state index contributed by atoms with van der Waals surface area (Å²) in [6, 6.07) is 31.3. The fourth-order valence-corrected chi connectivity index (χ4v) is 5.16. The van der Waals surface area contributed by atoms with Gasteiger partial charge in [0, 0.05) is 0 Å². The van der Waals surface area contributed by atoms with Gasteiger partial charge in [0.25, 0.3) is 0 Å². The third-order valence-corrected chi connectivity index (χ3v) is 7.36. The van der Waals surface area contributed by atoms with Crippen LogP contribution < -0.4 is 5.32 Å². The van der Waals surface area contributed by atoms with Crippen molar-refractivity contribution in [3.63, 3.8) is 0 Å². The minimum absolute atomic E-state index is 0.149. The SMILES string of the molecule is O=P(O)(O)C(Cc1ccc2ccccc2c1)N[C@H](Cc1ccc(-c2ccccc2)cc1)c1nn[nH]n1. The summed E-state index contributed by atoms with van der Waals surface area (Å²) in [5, 5.41) is 19.5. The number of hydrogen-bond donors (Lipinski definition) is 4. The molecule has 4 aromatic carbocycles. The highest BCUT2D eigenvalue weighted by Gasteiger charge is 2.33. The Morgan fingerprint density at radius 2 is 1.44 bits per heavy atom. The van der Waals surface area contributed by atoms with Gasteiger partial charge in [-0.15, -0.1) is 10.2 Å². The van der Waals surface area contributed by atoms with Gasteiger partial charge in [-0.25, -0.2) is 0 Å². The van der Waals surface area contributed by atoms with Gasteiger partial charge in [0.05, 0.1) is 6.04 Å². The Kier molecular flexibility index (Phi) is 7.02. The van der Waals surface area contributed by atoms with Crippen LogP contribution in [-0.2, 0) is 17.4 Å². The molecule has 1 aromatic heterocycles. The van der Waals surface area contributed by atoms with E-state index in [2.05, 4.69) is 38.1 Å². The molecule has 0 saturated heterocycles. The maximum absolute atomic E-state index is 12.5. The van der Waals surface area contributed by atoms with Crippen LogP contribution in [0.2, 0.25) is 0 Å². The third-order valence-electron chi connectivity index (χ3n) is 6.22. The Morgan fingerprint density at radius 1 is 0.778 bits per heavy atom. The molecule has 0 aliphatic rings. The van der Waals surface area contributed by atoms with Crippen LogP contribution in [0.15, 0.2) is 97.1 Å². The molecule has 36 heavy (non-hydrogen) atoms. The van der Waals surface area contributed by atoms with Crippen LogP contribution >= 0.6 is 7.60 Å². The predicted octanol–water partition coefficient (Wildman–Crippen LogP) is 4.64. The minimum Gasteiger partial charge on any atom is -0.323 e. The van der Waals surface area contributed by atoms with E-state index in [9.17, 15) is 14.4 Å². The van der Waals surface area contributed by atoms with Crippen LogP contribution in [0.3, 0.4) is 0 Å². The predicted molar refractivity (Wildman–Crippen MR) is 139 cm³/mol. The summed E-state index contributed by atoms with van der Waals surface area (Å²) in [4.78, 5) is 20.4. The van der Waals surface area contributed by atoms with Crippen molar-refractivity contribution in [2.75, 3.05) is 0 Å². The molecule has 182 valence electrons. The van der Waals surface area contributed by atoms with Gasteiger partial charge in [-0.05, 0) is 45.9 Å². The molecular formula is C27H26N5O3P. The van der Waals surface area contributed by atoms with Crippen molar-refractivity contribution < 1.29 is 14.4 Å². The molecule has 0 bridgehead atoms. The van der Waals surface area contributed by atoms with E-state index < -0.39 is 19.4 Å². The zero-order valence-corrected chi connectivity index (χ0v) is 20.3. The number of aromatic nitrogens is 4. The zero-order valence-electron chi connectivity index (χ0n) is 19.4. The molecule has 0 fully saturated rings. The van der Waals surface area contributed by atoms with Crippen molar-refractivity contribution in [2.24, 2.45) is 0 Å². The average Bonchev–Trinajstić information content (AvgIpc) is 3.43. The van der Waals surface area contributed by atoms with Crippen molar-refractivity contribution >= 4 is 18.4 Å². The number of aromatic amines is 1. The Morgan fingerprint density at radius 3 is 2.14 bits per heavy atom. The van der Waals surface area contributed by atoms with Gasteiger partial charge in [-0.3, -0.25) is 9.88 Å². The molecular weight excluding hydrogens is 473 g/mol. The van der Waals surface area contributed by atoms with Crippen LogP contribution in [0.25, 0.3) is 21.9 Å². The fraction of sp³-hybridized carbons (Fsp3) is 0.148. The van der Waals surface area contributed by atoms with Crippen LogP contribution in [-0.4, -0.2) is 36.2 Å². The summed E-state index contributed by atoms with van der Waals surface area (Å²) in [7, 11) is -4.51. The van der Waals surface area contributed by atoms with Crippen molar-refractivity contribution in [1.29, 1.82) is 0 Å². The normalized spacial score (nSPS) is 13.5. The molecule has 5 rings (SSSR count). The summed E-state index contributed by atoms with van der Waals surface area (Å²) in [5.41, 5.74) is 4.02. The molecule has 0 spiro atoms. The van der Waals surface area contributed by atoms with Crippen molar-refractivity contribution in [1.82, 2.24) is 25.9 Å². The maximum Gasteiger partial charge on any atom is 0.342 e. The molecule has 0 radical (unpaired) electrons. The Hall–Kier alpha value is -3.68. The molecule has 0 saturated carbocycles. The first-order valence-electron chi connectivity index (χ1n) is 11.6. The van der Waals surface area contributed by atoms with Crippen LogP contribution in [0.4, 0.5) is 0 Å². The summed E-state index contributed by atoms with van der Waals surface area (Å²) < 4.78 is 12.5. The Bertz CT molecular complexity index is 1470. The zero-order chi connectivity index (χ0) is 25.0. The molecule has 2 atom stereocenters. The van der Waals surface area contributed by atoms with Gasteiger partial charge in [0.2, 0.25) is 0 Å². The van der Waals surface area contributed by atoms with Crippen molar-refractivity contribution in [2.45, 2.75) is 24.7 Å². The molecule has 1 heterocycles. The summed E-state index contributed by atoms with van der Waals surface area (Å²) >= 11 is 0. The van der Waals surface area contributed by atoms with E-state index in [-0.39, 0.29) is 6.42 Å². The number of fused-ring (bicyclic) bond motifs is 1. The molecule has 5 aromatic rings. The number of H-pyrrole nitrogens is 1. The minimum atomic E-state index is -4.51. The van der Waals surface area contributed by atoms with Gasteiger partial charge in [0.1, 0.15) is 5.78 Å². The van der Waals surface area contributed by atoms with Gasteiger partial charge >= 0.3 is 7.60 Å². The van der Waals surface area contributed by atoms with E-state index in [4.69, 9.17) is 0 Å². The standard InChI is InChI=1S/C27H26N5O3P/c33-36(34,35)26(18-20-12-15-22-8-4-5-9-24(22)16-20)28-25(27-29-31-32-30-27)17-19-10-13-23(14-11-19)21-6-2-1-3-7-21/h1-16,25-26,28H,17-18H2,(H2,33,34,35)(H,29,30,31,32)/t25-,26?/m1/s1. The van der Waals surface area contributed by atoms with Gasteiger partial charge < -0.3 is 9.79 Å². The highest BCUT2D eigenvalue weighted by molar-refractivity contribution is 7.52. The second-order valence-electron chi connectivity index (χ2n) is 8.75. The lowest BCUT2D eigenvalue weighted by molar-refractivity contribution is 0.333. The molecule has 0 aliphatic carbocycles. The number of nitrogens with one attached hydrogen (secondary N) is 2. The molecule has 1 unspecified atom stereocenters. The Balaban J connectivity index is 1.38. The second-order valence-corrected chi connectivity index (χ2v) is 10.5. The lowest BCUT2D eigenvalue weighted by Gasteiger charge is -2.25. The summed E-state index contributed by atoms with van der Waals surface area (Å²) in [5.74, 6) is -0.773. The lowest BCUT2D eigenvalue weighted by Crippen LogP contribution is -2.36. The van der Waals surface area contributed by atoms with E-state index >= 15 is 0 Å². The average molecular weight is 500 g/mol. The molecule has 9 heteroatoms. The van der Waals surface area contributed by atoms with Gasteiger partial charge in [0.15, 0.2) is 5.82 Å². The van der Waals surface area contributed by atoms with E-state index in [0.717, 1.165) is 33.0 Å².